The Morgan fingerprint density at radius 2 is 2.00 bits per heavy atom. The van der Waals surface area contributed by atoms with Crippen LogP contribution in [0.15, 0.2) is 12.7 Å². The third-order valence-corrected chi connectivity index (χ3v) is 5.66. The number of carboxylic acids is 1. The Balaban J connectivity index is 1.71. The van der Waals surface area contributed by atoms with Gasteiger partial charge in [0.05, 0.1) is 6.33 Å². The molecule has 3 rings (SSSR count). The zero-order chi connectivity index (χ0) is 23.4. The van der Waals surface area contributed by atoms with Gasteiger partial charge in [-0.15, -0.1) is 0 Å². The van der Waals surface area contributed by atoms with E-state index in [1.165, 1.54) is 17.2 Å². The number of carbonyl (C=O) groups is 1. The molecule has 1 aliphatic rings. The van der Waals surface area contributed by atoms with Gasteiger partial charge in [-0.25, -0.2) is 19.7 Å². The standard InChI is InChI=1S/C19H32N8O5/c1-25(2)5-3-6-26(7-4-11(20)19(30)31)8-12-14(28)15(29)18(32-12)27-10-24-13-16(21)22-9-23-17(13)27/h9-12,14-15,18,28-29H,3-8,20H2,1-2H3,(H,30,31)(H2,21,22,23)/p+1/t11-,12+,14+,15+,18+/m0/s1. The van der Waals surface area contributed by atoms with Crippen LogP contribution in [-0.4, -0.2) is 115 Å². The Morgan fingerprint density at radius 3 is 2.69 bits per heavy atom. The predicted octanol–water partition coefficient (Wildman–Crippen LogP) is -2.63. The number of ether oxygens (including phenoxy) is 1. The van der Waals surface area contributed by atoms with Gasteiger partial charge >= 0.3 is 5.97 Å². The summed E-state index contributed by atoms with van der Waals surface area (Å²) in [6.45, 7) is 2.37. The number of aliphatic hydroxyl groups is 2. The highest BCUT2D eigenvalue weighted by Gasteiger charge is 2.44. The molecule has 0 radical (unpaired) electrons. The number of fused-ring (bicyclic) bond motifs is 1. The third kappa shape index (κ3) is 5.49. The van der Waals surface area contributed by atoms with E-state index < -0.39 is 36.6 Å². The summed E-state index contributed by atoms with van der Waals surface area (Å²) in [7, 11) is 3.97. The van der Waals surface area contributed by atoms with Gasteiger partial charge in [0, 0.05) is 19.5 Å². The molecule has 3 heterocycles. The van der Waals surface area contributed by atoms with E-state index in [1.807, 2.05) is 19.0 Å². The summed E-state index contributed by atoms with van der Waals surface area (Å²) < 4.78 is 7.56. The lowest BCUT2D eigenvalue weighted by atomic mass is 10.1. The van der Waals surface area contributed by atoms with Gasteiger partial charge in [0.1, 0.15) is 30.2 Å². The Kier molecular flexibility index (Phi) is 7.92. The summed E-state index contributed by atoms with van der Waals surface area (Å²) >= 11 is 0. The van der Waals surface area contributed by atoms with E-state index in [9.17, 15) is 15.0 Å². The van der Waals surface area contributed by atoms with Crippen molar-refractivity contribution >= 4 is 23.0 Å². The van der Waals surface area contributed by atoms with E-state index in [0.717, 1.165) is 13.0 Å². The summed E-state index contributed by atoms with van der Waals surface area (Å²) in [5, 5.41) is 30.5. The van der Waals surface area contributed by atoms with Gasteiger partial charge in [-0.05, 0) is 33.6 Å². The van der Waals surface area contributed by atoms with Crippen molar-refractivity contribution in [3.63, 3.8) is 0 Å². The average molecular weight is 454 g/mol. The molecule has 178 valence electrons. The van der Waals surface area contributed by atoms with Crippen molar-refractivity contribution in [1.29, 1.82) is 0 Å². The molecule has 1 saturated heterocycles. The van der Waals surface area contributed by atoms with Crippen LogP contribution in [0, 0.1) is 0 Å². The highest BCUT2D eigenvalue weighted by molar-refractivity contribution is 5.81. The molecular weight excluding hydrogens is 420 g/mol. The third-order valence-electron chi connectivity index (χ3n) is 5.66. The largest absolute Gasteiger partial charge is 0.477 e. The summed E-state index contributed by atoms with van der Waals surface area (Å²) in [4.78, 5) is 27.5. The molecule has 1 fully saturated rings. The highest BCUT2D eigenvalue weighted by Crippen LogP contribution is 2.32. The molecule has 0 saturated carbocycles. The molecule has 13 heteroatoms. The number of hydrogen-bond donors (Lipinski definition) is 5. The van der Waals surface area contributed by atoms with Crippen LogP contribution in [0.25, 0.3) is 11.2 Å². The van der Waals surface area contributed by atoms with Crippen molar-refractivity contribution in [2.45, 2.75) is 43.4 Å². The van der Waals surface area contributed by atoms with E-state index in [-0.39, 0.29) is 5.82 Å². The lowest BCUT2D eigenvalue weighted by Crippen LogP contribution is -2.65. The van der Waals surface area contributed by atoms with Gasteiger partial charge in [0.2, 0.25) is 0 Å². The van der Waals surface area contributed by atoms with Crippen molar-refractivity contribution in [2.75, 3.05) is 46.0 Å². The van der Waals surface area contributed by atoms with Crippen LogP contribution >= 0.6 is 0 Å². The Labute approximate surface area is 185 Å². The van der Waals surface area contributed by atoms with Crippen molar-refractivity contribution in [3.8, 4) is 0 Å². The van der Waals surface area contributed by atoms with Crippen LogP contribution in [0.3, 0.4) is 0 Å². The molecule has 0 unspecified atom stereocenters. The first-order valence-corrected chi connectivity index (χ1v) is 10.6. The molecule has 8 N–H and O–H groups in total. The van der Waals surface area contributed by atoms with Crippen LogP contribution in [0.5, 0.6) is 0 Å². The van der Waals surface area contributed by atoms with E-state index >= 15 is 0 Å². The van der Waals surface area contributed by atoms with E-state index in [4.69, 9.17) is 15.6 Å². The highest BCUT2D eigenvalue weighted by atomic mass is 16.6. The topological polar surface area (TPSA) is 191 Å². The number of aliphatic carboxylic acids is 1. The molecular formula is C19H33N8O5+. The SMILES string of the molecule is CN(C)CCCN(CC[C@H]([NH3+])C(=O)O)C[C@H]1O[C@@H](n2cnc3c(N)ncnc32)[C@H](O)[C@@H]1O. The minimum Gasteiger partial charge on any atom is -0.477 e. The quantitative estimate of drug-likeness (QED) is 0.239. The smallest absolute Gasteiger partial charge is 0.362 e. The van der Waals surface area contributed by atoms with Crippen LogP contribution in [0.4, 0.5) is 5.82 Å². The number of aliphatic hydroxyl groups excluding tert-OH is 2. The molecule has 0 amide bonds. The average Bonchev–Trinajstić information content (AvgIpc) is 3.28. The van der Waals surface area contributed by atoms with Crippen LogP contribution in [-0.2, 0) is 9.53 Å². The molecule has 5 atom stereocenters. The summed E-state index contributed by atoms with van der Waals surface area (Å²) in [5.41, 5.74) is 10.3. The Morgan fingerprint density at radius 1 is 1.25 bits per heavy atom. The van der Waals surface area contributed by atoms with E-state index in [1.54, 1.807) is 0 Å². The molecule has 0 bridgehead atoms. The lowest BCUT2D eigenvalue weighted by molar-refractivity contribution is -0.409. The molecule has 1 aliphatic heterocycles. The van der Waals surface area contributed by atoms with E-state index in [0.29, 0.717) is 37.2 Å². The number of rotatable bonds is 11. The van der Waals surface area contributed by atoms with Gasteiger partial charge in [-0.1, -0.05) is 0 Å². The first kappa shape index (κ1) is 24.2. The van der Waals surface area contributed by atoms with Crippen molar-refractivity contribution < 1.29 is 30.6 Å². The number of aromatic nitrogens is 4. The van der Waals surface area contributed by atoms with Crippen LogP contribution in [0.2, 0.25) is 0 Å². The lowest BCUT2D eigenvalue weighted by Gasteiger charge is -2.27. The minimum atomic E-state index is -1.20. The molecule has 0 aromatic carbocycles. The van der Waals surface area contributed by atoms with Crippen molar-refractivity contribution in [1.82, 2.24) is 29.3 Å². The maximum Gasteiger partial charge on any atom is 0.362 e. The molecule has 32 heavy (non-hydrogen) atoms. The molecule has 2 aromatic heterocycles. The number of carboxylic acid groups (broad SMARTS) is 1. The molecule has 13 nitrogen and oxygen atoms in total. The van der Waals surface area contributed by atoms with Gasteiger partial charge in [-0.3, -0.25) is 4.57 Å². The van der Waals surface area contributed by atoms with Crippen LogP contribution < -0.4 is 11.5 Å². The fourth-order valence-corrected chi connectivity index (χ4v) is 3.79. The minimum absolute atomic E-state index is 0.214. The molecule has 0 spiro atoms. The van der Waals surface area contributed by atoms with E-state index in [2.05, 4.69) is 25.6 Å². The Hall–Kier alpha value is -2.42. The molecule has 0 aliphatic carbocycles. The zero-order valence-corrected chi connectivity index (χ0v) is 18.4. The van der Waals surface area contributed by atoms with Gasteiger partial charge in [0.15, 0.2) is 23.7 Å². The number of nitrogens with two attached hydrogens (primary N) is 1. The molecule has 2 aromatic rings. The first-order valence-electron chi connectivity index (χ1n) is 10.6. The predicted molar refractivity (Wildman–Crippen MR) is 114 cm³/mol. The summed E-state index contributed by atoms with van der Waals surface area (Å²) in [5.74, 6) is -0.731. The van der Waals surface area contributed by atoms with Gasteiger partial charge in [0.25, 0.3) is 0 Å². The van der Waals surface area contributed by atoms with Gasteiger partial charge < -0.3 is 41.3 Å². The zero-order valence-electron chi connectivity index (χ0n) is 18.4. The second kappa shape index (κ2) is 10.5. The second-order valence-electron chi connectivity index (χ2n) is 8.41. The normalized spacial score (nSPS) is 24.6. The number of anilines is 1. The Bertz CT molecular complexity index is 909. The van der Waals surface area contributed by atoms with Crippen molar-refractivity contribution in [3.05, 3.63) is 12.7 Å². The summed E-state index contributed by atoms with van der Waals surface area (Å²) in [6.07, 6.45) is 0.0765. The van der Waals surface area contributed by atoms with Crippen LogP contribution in [0.1, 0.15) is 19.1 Å². The van der Waals surface area contributed by atoms with Gasteiger partial charge in [-0.2, -0.15) is 0 Å². The maximum atomic E-state index is 11.1. The fourth-order valence-electron chi connectivity index (χ4n) is 3.79. The maximum absolute atomic E-state index is 11.1. The van der Waals surface area contributed by atoms with Crippen molar-refractivity contribution in [2.24, 2.45) is 0 Å². The number of nitrogens with zero attached hydrogens (tertiary/aromatic N) is 6. The number of imidazole rings is 1. The summed E-state index contributed by atoms with van der Waals surface area (Å²) in [6, 6.07) is -0.721. The fraction of sp³-hybridized carbons (Fsp3) is 0.684. The number of hydrogen-bond acceptors (Lipinski definition) is 10. The number of quaternary nitrogens is 1. The monoisotopic (exact) mass is 453 g/mol. The first-order chi connectivity index (χ1) is 15.2. The second-order valence-corrected chi connectivity index (χ2v) is 8.41. The number of nitrogen functional groups attached to an aromatic ring is 1.